The third-order valence-corrected chi connectivity index (χ3v) is 9.54. The van der Waals surface area contributed by atoms with E-state index < -0.39 is 31.6 Å². The molecule has 198 valence electrons. The third kappa shape index (κ3) is 6.88. The number of sulfonamides is 1. The lowest BCUT2D eigenvalue weighted by molar-refractivity contribution is -0.144. The van der Waals surface area contributed by atoms with E-state index in [0.29, 0.717) is 5.56 Å². The van der Waals surface area contributed by atoms with Crippen molar-refractivity contribution in [2.75, 3.05) is 0 Å². The van der Waals surface area contributed by atoms with Crippen LogP contribution in [0.1, 0.15) is 18.9 Å². The van der Waals surface area contributed by atoms with E-state index in [0.717, 1.165) is 12.1 Å². The fourth-order valence-corrected chi connectivity index (χ4v) is 7.22. The lowest BCUT2D eigenvalue weighted by Gasteiger charge is -2.29. The van der Waals surface area contributed by atoms with E-state index in [1.807, 2.05) is 0 Å². The second-order valence-corrected chi connectivity index (χ2v) is 12.7. The quantitative estimate of drug-likeness (QED) is 0.271. The van der Waals surface area contributed by atoms with Crippen LogP contribution in [0.5, 0.6) is 5.75 Å². The van der Waals surface area contributed by atoms with Gasteiger partial charge < -0.3 is 9.29 Å². The number of benzene rings is 3. The van der Waals surface area contributed by atoms with Crippen molar-refractivity contribution in [3.8, 4) is 5.75 Å². The molecule has 0 spiro atoms. The van der Waals surface area contributed by atoms with Crippen LogP contribution in [-0.2, 0) is 31.4 Å². The minimum atomic E-state index is -4.39. The van der Waals surface area contributed by atoms with E-state index in [2.05, 4.69) is 4.72 Å². The van der Waals surface area contributed by atoms with Gasteiger partial charge in [0.1, 0.15) is 21.1 Å². The molecule has 37 heavy (non-hydrogen) atoms. The molecule has 8 nitrogen and oxygen atoms in total. The first-order valence-electron chi connectivity index (χ1n) is 10.4. The summed E-state index contributed by atoms with van der Waals surface area (Å²) in [7, 11) is -8.71. The largest absolute Gasteiger partial charge is 0.480 e. The van der Waals surface area contributed by atoms with Gasteiger partial charge >= 0.3 is 16.1 Å². The van der Waals surface area contributed by atoms with Crippen LogP contribution < -0.4 is 8.91 Å². The van der Waals surface area contributed by atoms with Gasteiger partial charge in [0, 0.05) is 16.5 Å². The molecule has 14 heteroatoms. The molecule has 1 atom stereocenters. The third-order valence-electron chi connectivity index (χ3n) is 5.32. The Morgan fingerprint density at radius 3 is 1.89 bits per heavy atom. The standard InChI is InChI=1S/C23H19Cl4NO7S2/c1-2-23(22(29)30,28-36(31,32)20-11-15(24)5-9-18(20)26)13-14-3-7-17(8-4-14)35-37(33,34)21-12-16(25)6-10-19(21)27/h3-12,28H,2,13H2,1H3,(H,29,30). The molecule has 1 unspecified atom stereocenters. The van der Waals surface area contributed by atoms with Gasteiger partial charge in [-0.1, -0.05) is 65.5 Å². The highest BCUT2D eigenvalue weighted by Gasteiger charge is 2.41. The fraction of sp³-hybridized carbons (Fsp3) is 0.174. The maximum absolute atomic E-state index is 13.0. The first kappa shape index (κ1) is 29.5. The van der Waals surface area contributed by atoms with Gasteiger partial charge in [0.15, 0.2) is 0 Å². The summed E-state index contributed by atoms with van der Waals surface area (Å²) < 4.78 is 58.7. The molecule has 3 aromatic rings. The van der Waals surface area contributed by atoms with Gasteiger partial charge in [0.2, 0.25) is 10.0 Å². The number of rotatable bonds is 10. The maximum Gasteiger partial charge on any atom is 0.340 e. The Bertz CT molecular complexity index is 1550. The fourth-order valence-electron chi connectivity index (χ4n) is 3.35. The number of nitrogens with one attached hydrogen (secondary N) is 1. The predicted molar refractivity (Wildman–Crippen MR) is 142 cm³/mol. The van der Waals surface area contributed by atoms with E-state index >= 15 is 0 Å². The topological polar surface area (TPSA) is 127 Å². The molecule has 0 amide bonds. The second kappa shape index (κ2) is 11.4. The van der Waals surface area contributed by atoms with Gasteiger partial charge in [-0.3, -0.25) is 4.79 Å². The highest BCUT2D eigenvalue weighted by atomic mass is 35.5. The van der Waals surface area contributed by atoms with E-state index in [1.165, 1.54) is 55.5 Å². The normalized spacial score (nSPS) is 13.6. The number of hydrogen-bond acceptors (Lipinski definition) is 6. The molecule has 2 N–H and O–H groups in total. The van der Waals surface area contributed by atoms with Gasteiger partial charge in [-0.2, -0.15) is 13.1 Å². The Morgan fingerprint density at radius 1 is 0.865 bits per heavy atom. The number of carboxylic acid groups (broad SMARTS) is 1. The summed E-state index contributed by atoms with van der Waals surface area (Å²) >= 11 is 23.7. The van der Waals surface area contributed by atoms with Crippen molar-refractivity contribution < 1.29 is 30.9 Å². The Morgan fingerprint density at radius 2 is 1.38 bits per heavy atom. The van der Waals surface area contributed by atoms with Crippen molar-refractivity contribution in [3.05, 3.63) is 86.3 Å². The summed E-state index contributed by atoms with van der Waals surface area (Å²) in [5.74, 6) is -1.50. The Labute approximate surface area is 234 Å². The van der Waals surface area contributed by atoms with Crippen LogP contribution in [0.4, 0.5) is 0 Å². The van der Waals surface area contributed by atoms with Crippen LogP contribution >= 0.6 is 46.4 Å². The summed E-state index contributed by atoms with van der Waals surface area (Å²) in [6, 6.07) is 13.1. The molecule has 0 aliphatic carbocycles. The molecule has 0 aromatic heterocycles. The highest BCUT2D eigenvalue weighted by Crippen LogP contribution is 2.30. The van der Waals surface area contributed by atoms with Crippen molar-refractivity contribution >= 4 is 72.5 Å². The van der Waals surface area contributed by atoms with Crippen LogP contribution in [0.15, 0.2) is 70.5 Å². The molecule has 0 saturated heterocycles. The average molecular weight is 627 g/mol. The van der Waals surface area contributed by atoms with Crippen molar-refractivity contribution in [3.63, 3.8) is 0 Å². The number of aliphatic carboxylic acids is 1. The van der Waals surface area contributed by atoms with Crippen LogP contribution in [-0.4, -0.2) is 33.5 Å². The Balaban J connectivity index is 1.87. The van der Waals surface area contributed by atoms with Crippen LogP contribution in [0.2, 0.25) is 20.1 Å². The van der Waals surface area contributed by atoms with E-state index in [1.54, 1.807) is 0 Å². The van der Waals surface area contributed by atoms with Crippen LogP contribution in [0, 0.1) is 0 Å². The Hall–Kier alpha value is -2.05. The van der Waals surface area contributed by atoms with Crippen LogP contribution in [0.25, 0.3) is 0 Å². The molecule has 0 aliphatic rings. The summed E-state index contributed by atoms with van der Waals surface area (Å²) in [6.45, 7) is 1.51. The molecular weight excluding hydrogens is 608 g/mol. The minimum absolute atomic E-state index is 0.0801. The number of carboxylic acids is 1. The molecule has 0 bridgehead atoms. The Kier molecular flexibility index (Phi) is 9.06. The summed E-state index contributed by atoms with van der Waals surface area (Å²) in [4.78, 5) is 11.6. The number of carbonyl (C=O) groups is 1. The summed E-state index contributed by atoms with van der Waals surface area (Å²) in [5, 5.41) is 10.0. The monoisotopic (exact) mass is 625 g/mol. The smallest absolute Gasteiger partial charge is 0.340 e. The van der Waals surface area contributed by atoms with Crippen molar-refractivity contribution in [1.29, 1.82) is 0 Å². The molecule has 0 aliphatic heterocycles. The average Bonchev–Trinajstić information content (AvgIpc) is 2.82. The second-order valence-electron chi connectivity index (χ2n) is 7.85. The molecule has 0 heterocycles. The first-order chi connectivity index (χ1) is 17.2. The molecule has 3 aromatic carbocycles. The van der Waals surface area contributed by atoms with Crippen molar-refractivity contribution in [2.45, 2.75) is 35.1 Å². The lowest BCUT2D eigenvalue weighted by Crippen LogP contribution is -2.55. The van der Waals surface area contributed by atoms with E-state index in [9.17, 15) is 26.7 Å². The highest BCUT2D eigenvalue weighted by molar-refractivity contribution is 7.89. The first-order valence-corrected chi connectivity index (χ1v) is 14.8. The molecule has 0 saturated carbocycles. The SMILES string of the molecule is CCC(Cc1ccc(OS(=O)(=O)c2cc(Cl)ccc2Cl)cc1)(NS(=O)(=O)c1cc(Cl)ccc1Cl)C(=O)O. The van der Waals surface area contributed by atoms with Gasteiger partial charge in [0.05, 0.1) is 10.0 Å². The van der Waals surface area contributed by atoms with Gasteiger partial charge in [-0.05, 0) is 60.5 Å². The summed E-state index contributed by atoms with van der Waals surface area (Å²) in [5.41, 5.74) is -1.57. The molecule has 3 rings (SSSR count). The van der Waals surface area contributed by atoms with Gasteiger partial charge in [-0.25, -0.2) is 8.42 Å². The van der Waals surface area contributed by atoms with Crippen molar-refractivity contribution in [2.24, 2.45) is 0 Å². The predicted octanol–water partition coefficient (Wildman–Crippen LogP) is 5.82. The molecular formula is C23H19Cl4NO7S2. The zero-order valence-corrected chi connectivity index (χ0v) is 23.6. The van der Waals surface area contributed by atoms with Gasteiger partial charge in [-0.15, -0.1) is 0 Å². The summed E-state index contributed by atoms with van der Waals surface area (Å²) in [6.07, 6.45) is -0.400. The zero-order valence-electron chi connectivity index (χ0n) is 18.9. The zero-order chi connectivity index (χ0) is 27.6. The number of halogens is 4. The lowest BCUT2D eigenvalue weighted by atomic mass is 9.89. The molecule has 0 fully saturated rings. The van der Waals surface area contributed by atoms with E-state index in [4.69, 9.17) is 50.6 Å². The van der Waals surface area contributed by atoms with Crippen molar-refractivity contribution in [1.82, 2.24) is 4.72 Å². The number of hydrogen-bond donors (Lipinski definition) is 2. The maximum atomic E-state index is 13.0. The van der Waals surface area contributed by atoms with Crippen LogP contribution in [0.3, 0.4) is 0 Å². The minimum Gasteiger partial charge on any atom is -0.480 e. The van der Waals surface area contributed by atoms with E-state index in [-0.39, 0.29) is 48.5 Å². The van der Waals surface area contributed by atoms with Gasteiger partial charge in [0.25, 0.3) is 0 Å². The molecule has 0 radical (unpaired) electrons.